The van der Waals surface area contributed by atoms with Gasteiger partial charge in [-0.25, -0.2) is 0 Å². The number of phenols is 2. The highest BCUT2D eigenvalue weighted by Gasteiger charge is 2.07. The lowest BCUT2D eigenvalue weighted by atomic mass is 10.2. The highest BCUT2D eigenvalue weighted by molar-refractivity contribution is 9.10. The van der Waals surface area contributed by atoms with Crippen molar-refractivity contribution in [1.82, 2.24) is 0 Å². The summed E-state index contributed by atoms with van der Waals surface area (Å²) < 4.78 is 5.28. The molecule has 0 fully saturated rings. The van der Waals surface area contributed by atoms with Crippen molar-refractivity contribution in [2.45, 2.75) is 6.54 Å². The Morgan fingerprint density at radius 1 is 1.23 bits per heavy atom. The summed E-state index contributed by atoms with van der Waals surface area (Å²) in [6.07, 6.45) is 0.687. The van der Waals surface area contributed by atoms with Gasteiger partial charge in [0, 0.05) is 17.7 Å². The number of aliphatic carboxylic acids is 1. The third-order valence-electron chi connectivity index (χ3n) is 2.79. The molecule has 0 saturated carbocycles. The molecule has 0 aromatic heterocycles. The van der Waals surface area contributed by atoms with Crippen LogP contribution in [0.25, 0.3) is 0 Å². The highest BCUT2D eigenvalue weighted by Crippen LogP contribution is 2.34. The summed E-state index contributed by atoms with van der Waals surface area (Å²) in [5.41, 5.74) is 11.1. The molecule has 0 radical (unpaired) electrons. The molecule has 0 saturated heterocycles. The second-order valence-corrected chi connectivity index (χ2v) is 5.46. The number of carbonyl (C=O) groups excluding carboxylic acids is 1. The first-order valence-electron chi connectivity index (χ1n) is 7.21. The largest absolute Gasteiger partial charge is 0.508 e. The Morgan fingerprint density at radius 2 is 1.81 bits per heavy atom. The number of nitrogens with two attached hydrogens (primary N) is 2. The summed E-state index contributed by atoms with van der Waals surface area (Å²) in [6, 6.07) is 10.0. The molecule has 0 aliphatic carbocycles. The minimum atomic E-state index is -0.968. The second-order valence-electron chi connectivity index (χ2n) is 4.60. The molecule has 8 nitrogen and oxygen atoms in total. The van der Waals surface area contributed by atoms with Crippen molar-refractivity contribution in [2.24, 2.45) is 11.5 Å². The summed E-state index contributed by atoms with van der Waals surface area (Å²) in [4.78, 5) is 19.6. The number of ether oxygens (including phenoxy) is 1. The monoisotopic (exact) mass is 428 g/mol. The van der Waals surface area contributed by atoms with E-state index in [9.17, 15) is 14.7 Å². The van der Waals surface area contributed by atoms with Crippen LogP contribution >= 0.6 is 15.9 Å². The molecule has 0 aliphatic heterocycles. The number of hydrogen-bond donors (Lipinski definition) is 5. The lowest BCUT2D eigenvalue weighted by molar-refractivity contribution is -0.135. The smallest absolute Gasteiger partial charge is 0.317 e. The van der Waals surface area contributed by atoms with Crippen LogP contribution in [0.5, 0.6) is 17.2 Å². The number of halogens is 1. The van der Waals surface area contributed by atoms with Crippen LogP contribution in [0.3, 0.4) is 0 Å². The fourth-order valence-electron chi connectivity index (χ4n) is 1.50. The van der Waals surface area contributed by atoms with Crippen LogP contribution in [0.1, 0.15) is 15.9 Å². The van der Waals surface area contributed by atoms with Crippen LogP contribution in [0.15, 0.2) is 40.9 Å². The number of methoxy groups -OCH3 is 1. The van der Waals surface area contributed by atoms with Crippen molar-refractivity contribution in [3.05, 3.63) is 52.0 Å². The third-order valence-corrected chi connectivity index (χ3v) is 3.40. The van der Waals surface area contributed by atoms with E-state index in [-0.39, 0.29) is 23.8 Å². The molecule has 0 heterocycles. The van der Waals surface area contributed by atoms with Gasteiger partial charge < -0.3 is 31.5 Å². The zero-order valence-corrected chi connectivity index (χ0v) is 15.6. The number of phenolic OH excluding ortho intramolecular Hbond substituents is 2. The van der Waals surface area contributed by atoms with Gasteiger partial charge >= 0.3 is 5.97 Å². The predicted octanol–water partition coefficient (Wildman–Crippen LogP) is 1.86. The number of carboxylic acid groups (broad SMARTS) is 1. The van der Waals surface area contributed by atoms with Crippen molar-refractivity contribution in [3.8, 4) is 17.2 Å². The van der Waals surface area contributed by atoms with E-state index < -0.39 is 5.97 Å². The van der Waals surface area contributed by atoms with Gasteiger partial charge in [0.15, 0.2) is 11.5 Å². The molecule has 2 rings (SSSR count). The fourth-order valence-corrected chi connectivity index (χ4v) is 1.96. The first-order valence-corrected chi connectivity index (χ1v) is 8.00. The van der Waals surface area contributed by atoms with Crippen LogP contribution in [0.4, 0.5) is 0 Å². The number of carboxylic acids is 1. The number of benzene rings is 2. The lowest BCUT2D eigenvalue weighted by Crippen LogP contribution is -2.10. The van der Waals surface area contributed by atoms with E-state index in [2.05, 4.69) is 21.7 Å². The zero-order chi connectivity index (χ0) is 20.1. The molecule has 0 amide bonds. The lowest BCUT2D eigenvalue weighted by Gasteiger charge is -2.04. The van der Waals surface area contributed by atoms with Crippen LogP contribution < -0.4 is 16.2 Å². The molecule has 7 N–H and O–H groups in total. The standard InChI is InChI=1S/C8H7BrO3.C7H9NO.C2H5NO2/c1-12-7-3-5(4-10)2-6(9)8(7)11;8-5-6-3-1-2-4-7(6)9;3-1-2(4)5/h2-4,11H,1H3;1-4,9H,5,8H2;1,3H2,(H,4,5). The molecule has 0 aliphatic rings. The van der Waals surface area contributed by atoms with Gasteiger partial charge in [0.05, 0.1) is 18.1 Å². The Bertz CT molecular complexity index is 724. The molecule has 2 aromatic carbocycles. The van der Waals surface area contributed by atoms with Gasteiger partial charge in [0.25, 0.3) is 0 Å². The Labute approximate surface area is 159 Å². The maximum Gasteiger partial charge on any atom is 0.317 e. The van der Waals surface area contributed by atoms with Gasteiger partial charge in [-0.15, -0.1) is 0 Å². The van der Waals surface area contributed by atoms with E-state index in [1.54, 1.807) is 18.2 Å². The summed E-state index contributed by atoms with van der Waals surface area (Å²) in [6.45, 7) is 0.118. The zero-order valence-electron chi connectivity index (χ0n) is 14.1. The van der Waals surface area contributed by atoms with Gasteiger partial charge in [-0.2, -0.15) is 0 Å². The molecule has 142 valence electrons. The summed E-state index contributed by atoms with van der Waals surface area (Å²) >= 11 is 3.09. The van der Waals surface area contributed by atoms with Crippen LogP contribution in [-0.4, -0.2) is 41.2 Å². The number of aldehydes is 1. The first-order chi connectivity index (χ1) is 12.3. The topological polar surface area (TPSA) is 156 Å². The van der Waals surface area contributed by atoms with E-state index in [1.807, 2.05) is 6.07 Å². The Kier molecular flexibility index (Phi) is 11.4. The van der Waals surface area contributed by atoms with E-state index in [4.69, 9.17) is 20.7 Å². The van der Waals surface area contributed by atoms with Crippen molar-refractivity contribution in [1.29, 1.82) is 0 Å². The van der Waals surface area contributed by atoms with E-state index in [0.717, 1.165) is 5.56 Å². The van der Waals surface area contributed by atoms with E-state index in [1.165, 1.54) is 19.2 Å². The average molecular weight is 429 g/mol. The summed E-state index contributed by atoms with van der Waals surface area (Å²) in [7, 11) is 1.43. The van der Waals surface area contributed by atoms with Gasteiger partial charge in [-0.05, 0) is 34.1 Å². The Morgan fingerprint density at radius 3 is 2.19 bits per heavy atom. The van der Waals surface area contributed by atoms with Gasteiger partial charge in [0.1, 0.15) is 12.0 Å². The number of hydrogen-bond acceptors (Lipinski definition) is 7. The molecule has 0 unspecified atom stereocenters. The molecule has 2 aromatic rings. The Balaban J connectivity index is 0.000000394. The minimum absolute atomic E-state index is 0.00287. The number of rotatable bonds is 4. The van der Waals surface area contributed by atoms with Crippen molar-refractivity contribution < 1.29 is 29.6 Å². The maximum atomic E-state index is 10.4. The number of para-hydroxylation sites is 1. The number of carbonyl (C=O) groups is 2. The second kappa shape index (κ2) is 12.7. The SMILES string of the molecule is COc1cc(C=O)cc(Br)c1O.NCC(=O)O.NCc1ccccc1O. The molecule has 26 heavy (non-hydrogen) atoms. The van der Waals surface area contributed by atoms with Crippen LogP contribution in [0, 0.1) is 0 Å². The van der Waals surface area contributed by atoms with E-state index in [0.29, 0.717) is 22.9 Å². The quantitative estimate of drug-likeness (QED) is 0.461. The maximum absolute atomic E-state index is 10.4. The van der Waals surface area contributed by atoms with Gasteiger partial charge in [-0.3, -0.25) is 9.59 Å². The molecule has 9 heteroatoms. The van der Waals surface area contributed by atoms with Gasteiger partial charge in [0.2, 0.25) is 0 Å². The third kappa shape index (κ3) is 8.47. The molecular formula is C17H21BrN2O6. The summed E-state index contributed by atoms with van der Waals surface area (Å²) in [5.74, 6) is -0.403. The molecule has 0 atom stereocenters. The van der Waals surface area contributed by atoms with Crippen molar-refractivity contribution in [3.63, 3.8) is 0 Å². The summed E-state index contributed by atoms with van der Waals surface area (Å²) in [5, 5.41) is 26.0. The molecular weight excluding hydrogens is 408 g/mol. The van der Waals surface area contributed by atoms with Gasteiger partial charge in [-0.1, -0.05) is 18.2 Å². The van der Waals surface area contributed by atoms with Crippen molar-refractivity contribution >= 4 is 28.2 Å². The minimum Gasteiger partial charge on any atom is -0.508 e. The molecule has 0 bridgehead atoms. The first kappa shape index (κ1) is 23.4. The van der Waals surface area contributed by atoms with Crippen LogP contribution in [-0.2, 0) is 11.3 Å². The molecule has 0 spiro atoms. The predicted molar refractivity (Wildman–Crippen MR) is 100 cm³/mol. The number of aromatic hydroxyl groups is 2. The van der Waals surface area contributed by atoms with Crippen molar-refractivity contribution in [2.75, 3.05) is 13.7 Å². The Hall–Kier alpha value is -2.62. The highest BCUT2D eigenvalue weighted by atomic mass is 79.9. The van der Waals surface area contributed by atoms with E-state index >= 15 is 0 Å². The fraction of sp³-hybridized carbons (Fsp3) is 0.176. The normalized spacial score (nSPS) is 9.08. The van der Waals surface area contributed by atoms with Crippen LogP contribution in [0.2, 0.25) is 0 Å². The average Bonchev–Trinajstić information content (AvgIpc) is 2.65.